The molecule has 334 valence electrons. The summed E-state index contributed by atoms with van der Waals surface area (Å²) in [5, 5.41) is 0. The molecular formula is C64H68N2. The van der Waals surface area contributed by atoms with Crippen LogP contribution in [0.2, 0.25) is 0 Å². The van der Waals surface area contributed by atoms with Crippen molar-refractivity contribution >= 4 is 34.1 Å². The number of rotatable bonds is 6. The molecule has 0 amide bonds. The lowest BCUT2D eigenvalue weighted by molar-refractivity contribution is 0.182. The molecule has 66 heavy (non-hydrogen) atoms. The largest absolute Gasteiger partial charge is 0.310 e. The van der Waals surface area contributed by atoms with Gasteiger partial charge >= 0.3 is 0 Å². The van der Waals surface area contributed by atoms with Gasteiger partial charge in [-0.1, -0.05) is 146 Å². The molecule has 7 aromatic carbocycles. The van der Waals surface area contributed by atoms with Gasteiger partial charge in [-0.3, -0.25) is 0 Å². The molecule has 0 heterocycles. The average Bonchev–Trinajstić information content (AvgIpc) is 3.51. The molecule has 4 aliphatic rings. The molecule has 2 unspecified atom stereocenters. The predicted octanol–water partition coefficient (Wildman–Crippen LogP) is 17.7. The number of hydrogen-bond donors (Lipinski definition) is 0. The molecule has 0 aromatic heterocycles. The maximum atomic E-state index is 2.70. The quantitative estimate of drug-likeness (QED) is 0.164. The highest BCUT2D eigenvalue weighted by Crippen LogP contribution is 2.74. The zero-order valence-electron chi connectivity index (χ0n) is 42.0. The number of benzene rings is 7. The van der Waals surface area contributed by atoms with Gasteiger partial charge in [-0.05, 0) is 197 Å². The third-order valence-electron chi connectivity index (χ3n) is 17.9. The summed E-state index contributed by atoms with van der Waals surface area (Å²) in [5.74, 6) is 0. The van der Waals surface area contributed by atoms with Crippen LogP contribution in [0.1, 0.15) is 138 Å². The summed E-state index contributed by atoms with van der Waals surface area (Å²) in [7, 11) is 0. The number of nitrogens with zero attached hydrogens (tertiary/aromatic N) is 2. The predicted molar refractivity (Wildman–Crippen MR) is 282 cm³/mol. The molecule has 0 bridgehead atoms. The van der Waals surface area contributed by atoms with Crippen LogP contribution in [-0.2, 0) is 32.5 Å². The maximum absolute atomic E-state index is 2.70. The summed E-state index contributed by atoms with van der Waals surface area (Å²) in [4.78, 5) is 4.98. The van der Waals surface area contributed by atoms with Crippen molar-refractivity contribution in [1.82, 2.24) is 0 Å². The fourth-order valence-corrected chi connectivity index (χ4v) is 13.8. The highest BCUT2D eigenvalue weighted by molar-refractivity contribution is 5.96. The van der Waals surface area contributed by atoms with Gasteiger partial charge in [0.2, 0.25) is 0 Å². The number of anilines is 6. The molecule has 0 saturated heterocycles. The van der Waals surface area contributed by atoms with E-state index in [-0.39, 0.29) is 32.5 Å². The van der Waals surface area contributed by atoms with Gasteiger partial charge in [0.05, 0.1) is 0 Å². The molecule has 0 spiro atoms. The summed E-state index contributed by atoms with van der Waals surface area (Å²) in [6.07, 6.45) is 2.12. The molecule has 0 N–H and O–H groups in total. The third-order valence-corrected chi connectivity index (χ3v) is 17.9. The fraction of sp³-hybridized carbons (Fsp3) is 0.344. The van der Waals surface area contributed by atoms with E-state index in [4.69, 9.17) is 0 Å². The monoisotopic (exact) mass is 865 g/mol. The van der Waals surface area contributed by atoms with Crippen LogP contribution in [0.25, 0.3) is 22.3 Å². The molecule has 4 aliphatic carbocycles. The third kappa shape index (κ3) is 5.79. The lowest BCUT2D eigenvalue weighted by Gasteiger charge is -2.51. The van der Waals surface area contributed by atoms with Crippen molar-refractivity contribution in [2.75, 3.05) is 9.80 Å². The molecule has 2 heteroatoms. The second-order valence-corrected chi connectivity index (χ2v) is 23.8. The molecular weight excluding hydrogens is 797 g/mol. The van der Waals surface area contributed by atoms with Crippen LogP contribution in [0.5, 0.6) is 0 Å². The first kappa shape index (κ1) is 42.8. The Labute approximate surface area is 395 Å². The highest BCUT2D eigenvalue weighted by Gasteiger charge is 2.66. The Morgan fingerprint density at radius 3 is 1.15 bits per heavy atom. The van der Waals surface area contributed by atoms with Gasteiger partial charge < -0.3 is 9.80 Å². The lowest BCUT2D eigenvalue weighted by atomic mass is 9.52. The smallest absolute Gasteiger partial charge is 0.0467 e. The van der Waals surface area contributed by atoms with Crippen molar-refractivity contribution in [1.29, 1.82) is 0 Å². The Morgan fingerprint density at radius 1 is 0.318 bits per heavy atom. The standard InChI is InChI=1S/C64H68N2/c1-39-15-23-43(24-16-39)65(44-25-17-40(2)18-26-44)47-31-32-49-50-36-53-56-55-52(59(5,6)37-60(53,7)8)34-48(66(45-27-19-41(3)20-28-45)46-29-21-42(4)22-30-46)35-54(55)62(11,12)64(14)38-63(13,57(50)58(56)64)61(9,10)51(49)33-47/h15-36H,37-38H2,1-14H3. The van der Waals surface area contributed by atoms with E-state index in [9.17, 15) is 0 Å². The average molecular weight is 865 g/mol. The summed E-state index contributed by atoms with van der Waals surface area (Å²) < 4.78 is 0. The van der Waals surface area contributed by atoms with Crippen LogP contribution in [0.3, 0.4) is 0 Å². The molecule has 2 atom stereocenters. The van der Waals surface area contributed by atoms with Crippen molar-refractivity contribution in [2.45, 2.75) is 142 Å². The first-order valence-corrected chi connectivity index (χ1v) is 24.5. The summed E-state index contributed by atoms with van der Waals surface area (Å²) in [6.45, 7) is 34.5. The minimum absolute atomic E-state index is 0.0868. The summed E-state index contributed by atoms with van der Waals surface area (Å²) in [5.41, 5.74) is 26.6. The second-order valence-electron chi connectivity index (χ2n) is 23.8. The Hall–Kier alpha value is -5.86. The second kappa shape index (κ2) is 13.9. The van der Waals surface area contributed by atoms with Gasteiger partial charge in [0.25, 0.3) is 0 Å². The van der Waals surface area contributed by atoms with Gasteiger partial charge in [-0.2, -0.15) is 0 Å². The Morgan fingerprint density at radius 2 is 0.682 bits per heavy atom. The zero-order valence-corrected chi connectivity index (χ0v) is 42.0. The van der Waals surface area contributed by atoms with Crippen LogP contribution in [0, 0.1) is 27.7 Å². The Kier molecular flexibility index (Phi) is 8.97. The van der Waals surface area contributed by atoms with Crippen LogP contribution in [0.4, 0.5) is 34.1 Å². The maximum Gasteiger partial charge on any atom is 0.0467 e. The van der Waals surface area contributed by atoms with E-state index in [1.807, 2.05) is 0 Å². The van der Waals surface area contributed by atoms with Gasteiger partial charge in [0.1, 0.15) is 0 Å². The highest BCUT2D eigenvalue weighted by atomic mass is 15.1. The molecule has 0 fully saturated rings. The van der Waals surface area contributed by atoms with Crippen molar-refractivity contribution < 1.29 is 0 Å². The van der Waals surface area contributed by atoms with Crippen molar-refractivity contribution in [3.8, 4) is 22.3 Å². The van der Waals surface area contributed by atoms with Crippen LogP contribution in [-0.4, -0.2) is 0 Å². The lowest BCUT2D eigenvalue weighted by Crippen LogP contribution is -2.48. The van der Waals surface area contributed by atoms with E-state index in [2.05, 4.69) is 240 Å². The zero-order chi connectivity index (χ0) is 46.7. The van der Waals surface area contributed by atoms with Crippen LogP contribution < -0.4 is 9.80 Å². The van der Waals surface area contributed by atoms with Gasteiger partial charge in [-0.25, -0.2) is 0 Å². The van der Waals surface area contributed by atoms with E-state index >= 15 is 0 Å². The Bertz CT molecular complexity index is 3030. The van der Waals surface area contributed by atoms with Gasteiger partial charge in [-0.15, -0.1) is 0 Å². The van der Waals surface area contributed by atoms with E-state index in [0.717, 1.165) is 12.8 Å². The fourth-order valence-electron chi connectivity index (χ4n) is 13.8. The molecule has 0 radical (unpaired) electrons. The number of fused-ring (bicyclic) bond motifs is 2. The topological polar surface area (TPSA) is 6.48 Å². The summed E-state index contributed by atoms with van der Waals surface area (Å²) >= 11 is 0. The molecule has 2 nitrogen and oxygen atoms in total. The first-order valence-electron chi connectivity index (χ1n) is 24.5. The number of hydrogen-bond acceptors (Lipinski definition) is 2. The minimum Gasteiger partial charge on any atom is -0.310 e. The van der Waals surface area contributed by atoms with Crippen molar-refractivity contribution in [3.05, 3.63) is 189 Å². The molecule has 0 aliphatic heterocycles. The van der Waals surface area contributed by atoms with E-state index in [1.54, 1.807) is 16.7 Å². The first-order chi connectivity index (χ1) is 31.1. The normalized spacial score (nSPS) is 21.7. The SMILES string of the molecule is Cc1ccc(N(c2ccc(C)cc2)c2ccc3c(c2)C(C)(C)C2(C)CC4(C)c5c6c(cc-3c52)C(C)(C)CC(C)(C)c2cc(N(c3ccc(C)cc3)c3ccc(C)cc3)cc(c2-6)C4(C)C)cc1. The van der Waals surface area contributed by atoms with Crippen molar-refractivity contribution in [3.63, 3.8) is 0 Å². The van der Waals surface area contributed by atoms with Crippen LogP contribution >= 0.6 is 0 Å². The van der Waals surface area contributed by atoms with E-state index in [1.165, 1.54) is 95.3 Å². The van der Waals surface area contributed by atoms with E-state index < -0.39 is 0 Å². The van der Waals surface area contributed by atoms with Gasteiger partial charge in [0, 0.05) is 45.0 Å². The van der Waals surface area contributed by atoms with Gasteiger partial charge in [0.15, 0.2) is 0 Å². The van der Waals surface area contributed by atoms with E-state index in [0.29, 0.717) is 0 Å². The molecule has 11 rings (SSSR count). The van der Waals surface area contributed by atoms with Crippen molar-refractivity contribution in [2.24, 2.45) is 0 Å². The minimum atomic E-state index is -0.190. The number of aryl methyl sites for hydroxylation is 4. The molecule has 0 saturated carbocycles. The van der Waals surface area contributed by atoms with Crippen LogP contribution in [0.15, 0.2) is 133 Å². The Balaban J connectivity index is 1.18. The summed E-state index contributed by atoms with van der Waals surface area (Å²) in [6, 6.07) is 51.7. The molecule has 7 aromatic rings.